The molecule has 1 unspecified atom stereocenters. The fraction of sp³-hybridized carbons (Fsp3) is 0.588. The van der Waals surface area contributed by atoms with Gasteiger partial charge in [-0.15, -0.1) is 0 Å². The van der Waals surface area contributed by atoms with Crippen molar-refractivity contribution in [2.45, 2.75) is 18.9 Å². The third-order valence-electron chi connectivity index (χ3n) is 4.52. The van der Waals surface area contributed by atoms with Gasteiger partial charge in [-0.25, -0.2) is 8.42 Å². The molecule has 25 heavy (non-hydrogen) atoms. The second kappa shape index (κ2) is 8.05. The van der Waals surface area contributed by atoms with Crippen LogP contribution >= 0.6 is 0 Å². The van der Waals surface area contributed by atoms with E-state index in [0.717, 1.165) is 37.7 Å². The summed E-state index contributed by atoms with van der Waals surface area (Å²) in [4.78, 5) is 14.3. The molecular weight excluding hydrogens is 342 g/mol. The zero-order valence-corrected chi connectivity index (χ0v) is 15.1. The van der Waals surface area contributed by atoms with Crippen molar-refractivity contribution in [1.29, 1.82) is 0 Å². The van der Waals surface area contributed by atoms with Gasteiger partial charge >= 0.3 is 0 Å². The van der Waals surface area contributed by atoms with Crippen molar-refractivity contribution in [3.8, 4) is 0 Å². The van der Waals surface area contributed by atoms with Crippen molar-refractivity contribution in [3.05, 3.63) is 24.3 Å². The Balaban J connectivity index is 1.48. The lowest BCUT2D eigenvalue weighted by molar-refractivity contribution is -0.121. The van der Waals surface area contributed by atoms with E-state index in [0.29, 0.717) is 19.4 Å². The topological polar surface area (TPSA) is 87.7 Å². The summed E-state index contributed by atoms with van der Waals surface area (Å²) < 4.78 is 28.3. The highest BCUT2D eigenvalue weighted by atomic mass is 32.2. The van der Waals surface area contributed by atoms with Gasteiger partial charge in [0.2, 0.25) is 5.91 Å². The molecule has 2 saturated heterocycles. The zero-order chi connectivity index (χ0) is 17.7. The molecule has 2 fully saturated rings. The molecule has 0 aromatic heterocycles. The van der Waals surface area contributed by atoms with Crippen LogP contribution in [0.5, 0.6) is 0 Å². The first-order valence-electron chi connectivity index (χ1n) is 8.69. The van der Waals surface area contributed by atoms with Gasteiger partial charge in [0.1, 0.15) is 0 Å². The van der Waals surface area contributed by atoms with Crippen LogP contribution in [0.1, 0.15) is 12.8 Å². The van der Waals surface area contributed by atoms with Gasteiger partial charge < -0.3 is 20.3 Å². The van der Waals surface area contributed by atoms with Gasteiger partial charge in [-0.2, -0.15) is 0 Å². The van der Waals surface area contributed by atoms with Gasteiger partial charge in [0.05, 0.1) is 36.1 Å². The number of nitrogens with zero attached hydrogens (tertiary/aromatic N) is 1. The first-order chi connectivity index (χ1) is 12.0. The van der Waals surface area contributed by atoms with E-state index in [4.69, 9.17) is 4.74 Å². The number of anilines is 2. The van der Waals surface area contributed by atoms with Crippen LogP contribution in [-0.2, 0) is 19.4 Å². The quantitative estimate of drug-likeness (QED) is 0.767. The molecular formula is C17H25N3O4S. The van der Waals surface area contributed by atoms with Crippen molar-refractivity contribution in [1.82, 2.24) is 5.32 Å². The maximum absolute atomic E-state index is 12.0. The second-order valence-electron chi connectivity index (χ2n) is 6.46. The van der Waals surface area contributed by atoms with Crippen molar-refractivity contribution < 1.29 is 17.9 Å². The highest BCUT2D eigenvalue weighted by Gasteiger charge is 2.28. The molecule has 0 radical (unpaired) electrons. The molecule has 2 heterocycles. The van der Waals surface area contributed by atoms with Gasteiger partial charge in [-0.1, -0.05) is 12.1 Å². The summed E-state index contributed by atoms with van der Waals surface area (Å²) in [5.74, 6) is 0.119. The number of para-hydroxylation sites is 2. The fourth-order valence-corrected chi connectivity index (χ4v) is 4.90. The van der Waals surface area contributed by atoms with Crippen LogP contribution in [0, 0.1) is 0 Å². The summed E-state index contributed by atoms with van der Waals surface area (Å²) in [7, 11) is -2.97. The van der Waals surface area contributed by atoms with Crippen molar-refractivity contribution in [3.63, 3.8) is 0 Å². The maximum atomic E-state index is 12.0. The Labute approximate surface area is 148 Å². The molecule has 0 aliphatic carbocycles. The highest BCUT2D eigenvalue weighted by molar-refractivity contribution is 7.91. The minimum absolute atomic E-state index is 0.0615. The van der Waals surface area contributed by atoms with Crippen LogP contribution in [0.25, 0.3) is 0 Å². The molecule has 3 rings (SSSR count). The Bertz CT molecular complexity index is 702. The van der Waals surface area contributed by atoms with Crippen LogP contribution in [0.15, 0.2) is 24.3 Å². The summed E-state index contributed by atoms with van der Waals surface area (Å²) >= 11 is 0. The normalized spacial score (nSPS) is 22.6. The highest BCUT2D eigenvalue weighted by Crippen LogP contribution is 2.26. The van der Waals surface area contributed by atoms with E-state index in [-0.39, 0.29) is 23.5 Å². The van der Waals surface area contributed by atoms with E-state index in [1.165, 1.54) is 0 Å². The number of nitrogens with one attached hydrogen (secondary N) is 2. The number of benzene rings is 1. The van der Waals surface area contributed by atoms with Crippen molar-refractivity contribution in [2.24, 2.45) is 0 Å². The monoisotopic (exact) mass is 367 g/mol. The van der Waals surface area contributed by atoms with Crippen LogP contribution < -0.4 is 15.5 Å². The lowest BCUT2D eigenvalue weighted by atomic mass is 10.2. The molecule has 8 heteroatoms. The Kier molecular flexibility index (Phi) is 5.80. The van der Waals surface area contributed by atoms with Gasteiger partial charge in [0, 0.05) is 32.1 Å². The average Bonchev–Trinajstić information content (AvgIpc) is 2.94. The van der Waals surface area contributed by atoms with E-state index in [1.54, 1.807) is 0 Å². The Morgan fingerprint density at radius 2 is 2.00 bits per heavy atom. The Morgan fingerprint density at radius 3 is 2.72 bits per heavy atom. The molecule has 1 atom stereocenters. The van der Waals surface area contributed by atoms with Crippen LogP contribution in [0.3, 0.4) is 0 Å². The lowest BCUT2D eigenvalue weighted by Crippen LogP contribution is -2.37. The number of sulfone groups is 1. The summed E-state index contributed by atoms with van der Waals surface area (Å²) in [6, 6.07) is 7.81. The third-order valence-corrected chi connectivity index (χ3v) is 6.29. The van der Waals surface area contributed by atoms with E-state index in [9.17, 15) is 13.2 Å². The number of carbonyl (C=O) groups is 1. The minimum Gasteiger partial charge on any atom is -0.383 e. The summed E-state index contributed by atoms with van der Waals surface area (Å²) in [5, 5.41) is 6.13. The lowest BCUT2D eigenvalue weighted by Gasteiger charge is -2.30. The molecule has 0 spiro atoms. The Morgan fingerprint density at radius 1 is 1.24 bits per heavy atom. The summed E-state index contributed by atoms with van der Waals surface area (Å²) in [5.41, 5.74) is 2.12. The number of hydrogen-bond acceptors (Lipinski definition) is 6. The Hall–Kier alpha value is -1.80. The number of amides is 1. The van der Waals surface area contributed by atoms with Crippen LogP contribution in [0.4, 0.5) is 11.4 Å². The molecule has 0 bridgehead atoms. The number of carbonyl (C=O) groups excluding carboxylic acids is 1. The largest absolute Gasteiger partial charge is 0.383 e. The zero-order valence-electron chi connectivity index (χ0n) is 14.2. The van der Waals surface area contributed by atoms with Gasteiger partial charge in [-0.05, 0) is 18.6 Å². The molecule has 7 nitrogen and oxygen atoms in total. The number of ether oxygens (including phenoxy) is 1. The van der Waals surface area contributed by atoms with Crippen molar-refractivity contribution in [2.75, 3.05) is 54.6 Å². The van der Waals surface area contributed by atoms with Crippen LogP contribution in [0.2, 0.25) is 0 Å². The summed E-state index contributed by atoms with van der Waals surface area (Å²) in [6.45, 7) is 3.67. The molecule has 1 amide bonds. The van der Waals surface area contributed by atoms with Crippen molar-refractivity contribution >= 4 is 27.1 Å². The number of rotatable bonds is 6. The fourth-order valence-electron chi connectivity index (χ4n) is 3.22. The molecule has 2 aliphatic heterocycles. The number of hydrogen-bond donors (Lipinski definition) is 2. The van der Waals surface area contributed by atoms with E-state index >= 15 is 0 Å². The number of morpholine rings is 1. The average molecular weight is 367 g/mol. The van der Waals surface area contributed by atoms with E-state index < -0.39 is 9.84 Å². The predicted octanol–water partition coefficient (Wildman–Crippen LogP) is 0.629. The van der Waals surface area contributed by atoms with Crippen LogP contribution in [-0.4, -0.2) is 64.7 Å². The van der Waals surface area contributed by atoms with E-state index in [1.807, 2.05) is 18.2 Å². The summed E-state index contributed by atoms with van der Waals surface area (Å²) in [6.07, 6.45) is 0.829. The van der Waals surface area contributed by atoms with Gasteiger partial charge in [0.25, 0.3) is 0 Å². The predicted molar refractivity (Wildman–Crippen MR) is 97.8 cm³/mol. The molecule has 2 aliphatic rings. The standard InChI is InChI=1S/C17H25N3O4S/c21-17(19-14-6-12-25(22,23)13-14)5-7-18-15-3-1-2-4-16(15)20-8-10-24-11-9-20/h1-4,14,18H,5-13H2,(H,19,21). The molecule has 138 valence electrons. The molecule has 2 N–H and O–H groups in total. The van der Waals surface area contributed by atoms with Gasteiger partial charge in [-0.3, -0.25) is 4.79 Å². The SMILES string of the molecule is O=C(CCNc1ccccc1N1CCOCC1)NC1CCS(=O)(=O)C1. The third kappa shape index (κ3) is 5.09. The van der Waals surface area contributed by atoms with E-state index in [2.05, 4.69) is 21.6 Å². The smallest absolute Gasteiger partial charge is 0.222 e. The molecule has 1 aromatic carbocycles. The molecule has 1 aromatic rings. The first kappa shape index (κ1) is 18.0. The second-order valence-corrected chi connectivity index (χ2v) is 8.69. The van der Waals surface area contributed by atoms with Gasteiger partial charge in [0.15, 0.2) is 9.84 Å². The molecule has 0 saturated carbocycles. The maximum Gasteiger partial charge on any atom is 0.222 e. The first-order valence-corrected chi connectivity index (χ1v) is 10.5. The minimum atomic E-state index is -2.97.